The molecule has 2 aromatic heterocycles. The highest BCUT2D eigenvalue weighted by atomic mass is 32.2. The molecular weight excluding hydrogens is 442 g/mol. The molecule has 1 aliphatic heterocycles. The number of nitrogens with zero attached hydrogens (tertiary/aromatic N) is 3. The van der Waals surface area contributed by atoms with Crippen molar-refractivity contribution in [2.24, 2.45) is 0 Å². The zero-order valence-corrected chi connectivity index (χ0v) is 19.6. The predicted octanol–water partition coefficient (Wildman–Crippen LogP) is 4.50. The van der Waals surface area contributed by atoms with E-state index >= 15 is 0 Å². The number of thiophene rings is 1. The fourth-order valence-electron chi connectivity index (χ4n) is 2.86. The topological polar surface area (TPSA) is 104 Å². The number of likely N-dealkylation sites (N-methyl/N-ethyl adjacent to an activating group) is 1. The van der Waals surface area contributed by atoms with Crippen LogP contribution < -0.4 is 0 Å². The van der Waals surface area contributed by atoms with Gasteiger partial charge in [-0.1, -0.05) is 37.6 Å². The number of unbranched alkanes of at least 4 members (excludes halogenated alkanes) is 2. The maximum absolute atomic E-state index is 9.10. The summed E-state index contributed by atoms with van der Waals surface area (Å²) in [5.74, 6) is -2.65. The van der Waals surface area contributed by atoms with Gasteiger partial charge in [0.1, 0.15) is 10.7 Å². The van der Waals surface area contributed by atoms with Crippen LogP contribution in [0.3, 0.4) is 0 Å². The lowest BCUT2D eigenvalue weighted by molar-refractivity contribution is -0.159. The number of carboxylic acid groups (broad SMARTS) is 2. The van der Waals surface area contributed by atoms with Gasteiger partial charge in [0.2, 0.25) is 0 Å². The first-order chi connectivity index (χ1) is 14.4. The van der Waals surface area contributed by atoms with Crippen LogP contribution >= 0.6 is 34.8 Å². The smallest absolute Gasteiger partial charge is 0.414 e. The average Bonchev–Trinajstić information content (AvgIpc) is 3.36. The van der Waals surface area contributed by atoms with E-state index in [0.717, 1.165) is 36.0 Å². The Morgan fingerprint density at radius 3 is 2.57 bits per heavy atom. The zero-order chi connectivity index (χ0) is 21.9. The molecule has 0 aliphatic carbocycles. The van der Waals surface area contributed by atoms with E-state index < -0.39 is 11.9 Å². The van der Waals surface area contributed by atoms with Crippen molar-refractivity contribution in [3.05, 3.63) is 33.7 Å². The normalized spacial score (nSPS) is 14.0. The Morgan fingerprint density at radius 2 is 1.90 bits per heavy atom. The average molecular weight is 470 g/mol. The zero-order valence-electron chi connectivity index (χ0n) is 17.2. The second-order valence-corrected chi connectivity index (χ2v) is 9.64. The van der Waals surface area contributed by atoms with Crippen LogP contribution in [-0.4, -0.2) is 55.9 Å². The monoisotopic (exact) mass is 469 g/mol. The van der Waals surface area contributed by atoms with Crippen LogP contribution in [0.5, 0.6) is 0 Å². The minimum Gasteiger partial charge on any atom is -0.473 e. The van der Waals surface area contributed by atoms with Crippen LogP contribution in [0.1, 0.15) is 48.1 Å². The van der Waals surface area contributed by atoms with E-state index in [4.69, 9.17) is 19.8 Å². The Bertz CT molecular complexity index is 851. The first-order valence-corrected chi connectivity index (χ1v) is 12.3. The molecule has 2 N–H and O–H groups in total. The molecule has 0 saturated heterocycles. The molecule has 0 spiro atoms. The molecule has 0 atom stereocenters. The molecule has 0 amide bonds. The highest BCUT2D eigenvalue weighted by molar-refractivity contribution is 7.98. The van der Waals surface area contributed by atoms with Crippen molar-refractivity contribution in [1.29, 1.82) is 0 Å². The molecule has 2 aromatic rings. The second-order valence-electron chi connectivity index (χ2n) is 6.90. The fourth-order valence-corrected chi connectivity index (χ4v) is 5.67. The molecule has 0 aromatic carbocycles. The third-order valence-corrected chi connectivity index (χ3v) is 7.37. The van der Waals surface area contributed by atoms with E-state index in [-0.39, 0.29) is 0 Å². The number of aryl methyl sites for hydroxylation is 1. The Kier molecular flexibility index (Phi) is 10.5. The maximum atomic E-state index is 9.10. The first kappa shape index (κ1) is 24.5. The number of hydrogen-bond donors (Lipinski definition) is 2. The van der Waals surface area contributed by atoms with Crippen molar-refractivity contribution in [3.8, 4) is 0 Å². The predicted molar refractivity (Wildman–Crippen MR) is 122 cm³/mol. The summed E-state index contributed by atoms with van der Waals surface area (Å²) in [5, 5.41) is 15.9. The summed E-state index contributed by atoms with van der Waals surface area (Å²) in [4.78, 5) is 23.5. The van der Waals surface area contributed by atoms with Crippen molar-refractivity contribution >= 4 is 52.3 Å². The first-order valence-electron chi connectivity index (χ1n) is 9.77. The van der Waals surface area contributed by atoms with Gasteiger partial charge in [0.25, 0.3) is 0 Å². The molecule has 0 fully saturated rings. The maximum Gasteiger partial charge on any atom is 0.414 e. The van der Waals surface area contributed by atoms with Crippen LogP contribution in [0.15, 0.2) is 23.2 Å². The summed E-state index contributed by atoms with van der Waals surface area (Å²) in [6, 6.07) is 4.58. The third kappa shape index (κ3) is 8.17. The Balaban J connectivity index is 0.000000469. The van der Waals surface area contributed by atoms with Gasteiger partial charge >= 0.3 is 11.9 Å². The number of carboxylic acids is 2. The lowest BCUT2D eigenvalue weighted by atomic mass is 10.1. The number of aromatic nitrogens is 2. The Labute approximate surface area is 189 Å². The summed E-state index contributed by atoms with van der Waals surface area (Å²) in [7, 11) is 2.17. The standard InChI is InChI=1S/C18H25N3S3.C2H2O4/c1-3-4-5-8-15-9-10-16(23-15)13-22-18-17(19-24-20-18)14-7-6-11-21(2)12-14;3-1(4)2(5)6/h7,9-10H,3-6,8,11-13H2,1-2H3;(H,3,4)(H,5,6). The van der Waals surface area contributed by atoms with Gasteiger partial charge in [-0.2, -0.15) is 8.75 Å². The van der Waals surface area contributed by atoms with E-state index in [1.54, 1.807) is 0 Å². The van der Waals surface area contributed by atoms with Gasteiger partial charge in [0, 0.05) is 28.6 Å². The van der Waals surface area contributed by atoms with E-state index in [2.05, 4.69) is 45.8 Å². The molecule has 7 nitrogen and oxygen atoms in total. The molecule has 164 valence electrons. The number of thioether (sulfide) groups is 1. The minimum absolute atomic E-state index is 0.986. The summed E-state index contributed by atoms with van der Waals surface area (Å²) in [5.41, 5.74) is 2.45. The lowest BCUT2D eigenvalue weighted by Gasteiger charge is -2.22. The number of carbonyl (C=O) groups is 2. The van der Waals surface area contributed by atoms with Crippen molar-refractivity contribution in [2.45, 2.75) is 49.8 Å². The van der Waals surface area contributed by atoms with Gasteiger partial charge in [0.05, 0.1) is 11.7 Å². The van der Waals surface area contributed by atoms with Gasteiger partial charge in [-0.15, -0.1) is 11.3 Å². The molecule has 1 aliphatic rings. The van der Waals surface area contributed by atoms with Crippen molar-refractivity contribution in [2.75, 3.05) is 20.1 Å². The van der Waals surface area contributed by atoms with E-state index in [0.29, 0.717) is 0 Å². The van der Waals surface area contributed by atoms with Crippen LogP contribution in [0.2, 0.25) is 0 Å². The van der Waals surface area contributed by atoms with Gasteiger partial charge in [-0.25, -0.2) is 9.59 Å². The Hall–Kier alpha value is -1.75. The molecule has 0 bridgehead atoms. The quantitative estimate of drug-likeness (QED) is 0.331. The molecule has 30 heavy (non-hydrogen) atoms. The Morgan fingerprint density at radius 1 is 1.17 bits per heavy atom. The molecule has 0 saturated carbocycles. The van der Waals surface area contributed by atoms with Crippen molar-refractivity contribution in [1.82, 2.24) is 13.6 Å². The third-order valence-electron chi connectivity index (χ3n) is 4.38. The van der Waals surface area contributed by atoms with E-state index in [1.807, 2.05) is 23.1 Å². The summed E-state index contributed by atoms with van der Waals surface area (Å²) >= 11 is 5.13. The van der Waals surface area contributed by atoms with Gasteiger partial charge in [0.15, 0.2) is 0 Å². The van der Waals surface area contributed by atoms with E-state index in [1.165, 1.54) is 52.7 Å². The second kappa shape index (κ2) is 12.8. The number of hydrogen-bond acceptors (Lipinski definition) is 8. The SMILES string of the molecule is CCCCCc1ccc(CSc2nsnc2C2=CCCN(C)C2)s1.O=C(O)C(=O)O. The number of aliphatic carboxylic acids is 2. The lowest BCUT2D eigenvalue weighted by Crippen LogP contribution is -2.25. The summed E-state index contributed by atoms with van der Waals surface area (Å²) < 4.78 is 9.10. The fraction of sp³-hybridized carbons (Fsp3) is 0.500. The van der Waals surface area contributed by atoms with Crippen LogP contribution in [0.4, 0.5) is 0 Å². The van der Waals surface area contributed by atoms with Gasteiger partial charge in [-0.3, -0.25) is 0 Å². The molecular formula is C20H27N3O4S3. The molecule has 10 heteroatoms. The highest BCUT2D eigenvalue weighted by Gasteiger charge is 2.18. The molecule has 0 radical (unpaired) electrons. The van der Waals surface area contributed by atoms with Crippen LogP contribution in [-0.2, 0) is 21.8 Å². The number of rotatable bonds is 8. The van der Waals surface area contributed by atoms with E-state index in [9.17, 15) is 0 Å². The molecule has 0 unspecified atom stereocenters. The van der Waals surface area contributed by atoms with Gasteiger partial charge in [-0.05, 0) is 44.0 Å². The largest absolute Gasteiger partial charge is 0.473 e. The van der Waals surface area contributed by atoms with Crippen LogP contribution in [0.25, 0.3) is 5.57 Å². The highest BCUT2D eigenvalue weighted by Crippen LogP contribution is 2.32. The minimum atomic E-state index is -1.82. The van der Waals surface area contributed by atoms with Crippen LogP contribution in [0, 0.1) is 0 Å². The molecule has 3 rings (SSSR count). The van der Waals surface area contributed by atoms with Crippen molar-refractivity contribution in [3.63, 3.8) is 0 Å². The summed E-state index contributed by atoms with van der Waals surface area (Å²) in [6.45, 7) is 4.38. The summed E-state index contributed by atoms with van der Waals surface area (Å²) in [6.07, 6.45) is 8.60. The van der Waals surface area contributed by atoms with Gasteiger partial charge < -0.3 is 15.1 Å². The molecule has 3 heterocycles. The van der Waals surface area contributed by atoms with Crippen molar-refractivity contribution < 1.29 is 19.8 Å².